The number of benzene rings is 1. The molecular weight excluding hydrogens is 358 g/mol. The molecule has 8 heteroatoms. The molecule has 0 bridgehead atoms. The van der Waals surface area contributed by atoms with Crippen LogP contribution in [0.5, 0.6) is 0 Å². The molecule has 0 saturated carbocycles. The number of carbonyl (C=O) groups is 2. The Bertz CT molecular complexity index is 744. The highest BCUT2D eigenvalue weighted by Gasteiger charge is 2.45. The quantitative estimate of drug-likeness (QED) is 0.591. The number of hydrazone groups is 2. The van der Waals surface area contributed by atoms with Gasteiger partial charge in [-0.05, 0) is 33.3 Å². The Balaban J connectivity index is 2.53. The largest absolute Gasteiger partial charge is 0.469 e. The van der Waals surface area contributed by atoms with Crippen LogP contribution in [-0.2, 0) is 14.3 Å². The number of alkyl halides is 1. The van der Waals surface area contributed by atoms with Crippen LogP contribution in [0.3, 0.4) is 0 Å². The maximum Gasteiger partial charge on any atom is 0.453 e. The van der Waals surface area contributed by atoms with Crippen LogP contribution in [0.15, 0.2) is 40.5 Å². The topological polar surface area (TPSA) is 80.6 Å². The number of esters is 1. The molecule has 1 amide bonds. The summed E-state index contributed by atoms with van der Waals surface area (Å²) in [5.41, 5.74) is 0.0615. The lowest BCUT2D eigenvalue weighted by molar-refractivity contribution is -0.151. The molecule has 7 nitrogen and oxygen atoms in total. The summed E-state index contributed by atoms with van der Waals surface area (Å²) in [6.07, 6.45) is -0.797. The van der Waals surface area contributed by atoms with Gasteiger partial charge in [-0.1, -0.05) is 47.1 Å². The van der Waals surface area contributed by atoms with E-state index in [4.69, 9.17) is 21.1 Å². The third kappa shape index (κ3) is 4.04. The van der Waals surface area contributed by atoms with Crippen LogP contribution in [0.25, 0.3) is 0 Å². The van der Waals surface area contributed by atoms with E-state index in [9.17, 15) is 9.59 Å². The molecule has 26 heavy (non-hydrogen) atoms. The first kappa shape index (κ1) is 19.9. The smallest absolute Gasteiger partial charge is 0.453 e. The van der Waals surface area contributed by atoms with Crippen LogP contribution in [0.4, 0.5) is 4.79 Å². The first-order chi connectivity index (χ1) is 12.2. The van der Waals surface area contributed by atoms with Crippen molar-refractivity contribution in [2.45, 2.75) is 33.3 Å². The Kier molecular flexibility index (Phi) is 6.02. The van der Waals surface area contributed by atoms with Gasteiger partial charge in [0.1, 0.15) is 0 Å². The molecule has 0 saturated heterocycles. The van der Waals surface area contributed by atoms with E-state index in [0.29, 0.717) is 11.4 Å². The van der Waals surface area contributed by atoms with Crippen molar-refractivity contribution >= 4 is 35.1 Å². The van der Waals surface area contributed by atoms with Crippen molar-refractivity contribution < 1.29 is 19.1 Å². The number of ether oxygens (including phenoxy) is 2. The molecule has 1 aromatic carbocycles. The Morgan fingerprint density at radius 1 is 1.23 bits per heavy atom. The van der Waals surface area contributed by atoms with Crippen molar-refractivity contribution in [3.8, 4) is 0 Å². The van der Waals surface area contributed by atoms with E-state index in [1.807, 2.05) is 30.3 Å². The van der Waals surface area contributed by atoms with Crippen LogP contribution in [0.1, 0.15) is 33.3 Å². The summed E-state index contributed by atoms with van der Waals surface area (Å²) in [4.78, 5) is 24.6. The van der Waals surface area contributed by atoms with E-state index in [0.717, 1.165) is 10.7 Å². The molecule has 1 aliphatic heterocycles. The van der Waals surface area contributed by atoms with Gasteiger partial charge in [0.25, 0.3) is 0 Å². The van der Waals surface area contributed by atoms with Crippen molar-refractivity contribution in [3.05, 3.63) is 35.9 Å². The van der Waals surface area contributed by atoms with Crippen molar-refractivity contribution in [2.24, 2.45) is 21.5 Å². The SMILES string of the molecule is COC(=O)C(C)(C)C1C(C)=NN(C(=O)OC(C)Cl)N=C1c1ccccc1. The van der Waals surface area contributed by atoms with E-state index < -0.39 is 29.0 Å². The number of rotatable bonds is 4. The summed E-state index contributed by atoms with van der Waals surface area (Å²) in [7, 11) is 1.34. The van der Waals surface area contributed by atoms with Gasteiger partial charge in [0.15, 0.2) is 5.56 Å². The lowest BCUT2D eigenvalue weighted by Crippen LogP contribution is -2.46. The fourth-order valence-electron chi connectivity index (χ4n) is 2.93. The molecule has 1 aliphatic rings. The molecular formula is C18H22ClN3O4. The molecule has 0 aliphatic carbocycles. The molecule has 0 fully saturated rings. The zero-order valence-electron chi connectivity index (χ0n) is 15.4. The zero-order valence-corrected chi connectivity index (χ0v) is 16.1. The number of hydrogen-bond acceptors (Lipinski definition) is 6. The van der Waals surface area contributed by atoms with Crippen molar-refractivity contribution in [3.63, 3.8) is 0 Å². The summed E-state index contributed by atoms with van der Waals surface area (Å²) in [5, 5.41) is 9.40. The van der Waals surface area contributed by atoms with E-state index >= 15 is 0 Å². The lowest BCUT2D eigenvalue weighted by Gasteiger charge is -2.35. The number of carbonyl (C=O) groups excluding carboxylic acids is 2. The fourth-order valence-corrected chi connectivity index (χ4v) is 3.01. The second-order valence-corrected chi connectivity index (χ2v) is 7.07. The summed E-state index contributed by atoms with van der Waals surface area (Å²) in [6, 6.07) is 9.28. The second kappa shape index (κ2) is 7.86. The standard InChI is InChI=1S/C18H22ClN3O4/c1-11-14(18(3,4)16(23)25-5)15(13-9-7-6-8-10-13)21-22(20-11)17(24)26-12(2)19/h6-10,12,14H,1-5H3. The average Bonchev–Trinajstić information content (AvgIpc) is 2.60. The van der Waals surface area contributed by atoms with Gasteiger partial charge in [-0.15, -0.1) is 5.10 Å². The number of halogens is 1. The van der Waals surface area contributed by atoms with Crippen LogP contribution in [0, 0.1) is 11.3 Å². The Labute approximate surface area is 157 Å². The number of amides is 1. The Morgan fingerprint density at radius 2 is 1.85 bits per heavy atom. The second-order valence-electron chi connectivity index (χ2n) is 6.46. The molecule has 0 aromatic heterocycles. The highest BCUT2D eigenvalue weighted by atomic mass is 35.5. The zero-order chi connectivity index (χ0) is 19.5. The van der Waals surface area contributed by atoms with Crippen LogP contribution in [-0.4, -0.2) is 41.3 Å². The van der Waals surface area contributed by atoms with Gasteiger partial charge in [-0.25, -0.2) is 4.79 Å². The molecule has 0 N–H and O–H groups in total. The third-order valence-electron chi connectivity index (χ3n) is 4.08. The first-order valence-electron chi connectivity index (χ1n) is 8.10. The third-order valence-corrected chi connectivity index (χ3v) is 4.16. The highest BCUT2D eigenvalue weighted by molar-refractivity contribution is 6.20. The molecule has 0 spiro atoms. The van der Waals surface area contributed by atoms with Crippen molar-refractivity contribution in [1.29, 1.82) is 0 Å². The molecule has 2 atom stereocenters. The minimum absolute atomic E-state index is 0.397. The van der Waals surface area contributed by atoms with Gasteiger partial charge < -0.3 is 9.47 Å². The van der Waals surface area contributed by atoms with Crippen LogP contribution < -0.4 is 0 Å². The maximum atomic E-state index is 12.4. The van der Waals surface area contributed by atoms with Gasteiger partial charge in [0.05, 0.1) is 24.2 Å². The van der Waals surface area contributed by atoms with Crippen LogP contribution in [0.2, 0.25) is 0 Å². The Morgan fingerprint density at radius 3 is 2.38 bits per heavy atom. The molecule has 1 heterocycles. The predicted octanol–water partition coefficient (Wildman–Crippen LogP) is 3.62. The molecule has 0 radical (unpaired) electrons. The van der Waals surface area contributed by atoms with Gasteiger partial charge in [-0.2, -0.15) is 5.10 Å². The summed E-state index contributed by atoms with van der Waals surface area (Å²) in [5.74, 6) is -0.874. The number of methoxy groups -OCH3 is 1. The van der Waals surface area contributed by atoms with E-state index in [-0.39, 0.29) is 0 Å². The predicted molar refractivity (Wildman–Crippen MR) is 99.0 cm³/mol. The number of nitrogens with zero attached hydrogens (tertiary/aromatic N) is 3. The van der Waals surface area contributed by atoms with E-state index in [1.54, 1.807) is 20.8 Å². The van der Waals surface area contributed by atoms with Crippen molar-refractivity contribution in [2.75, 3.05) is 7.11 Å². The van der Waals surface area contributed by atoms with E-state index in [1.165, 1.54) is 14.0 Å². The van der Waals surface area contributed by atoms with Gasteiger partial charge in [0.2, 0.25) is 0 Å². The summed E-state index contributed by atoms with van der Waals surface area (Å²) in [6.45, 7) is 6.77. The molecule has 2 unspecified atom stereocenters. The average molecular weight is 380 g/mol. The molecule has 2 rings (SSSR count). The Hall–Kier alpha value is -2.41. The normalized spacial score (nSPS) is 18.5. The fraction of sp³-hybridized carbons (Fsp3) is 0.444. The summed E-state index contributed by atoms with van der Waals surface area (Å²) < 4.78 is 9.91. The minimum Gasteiger partial charge on any atom is -0.469 e. The van der Waals surface area contributed by atoms with Crippen LogP contribution >= 0.6 is 11.6 Å². The van der Waals surface area contributed by atoms with Gasteiger partial charge in [-0.3, -0.25) is 4.79 Å². The summed E-state index contributed by atoms with van der Waals surface area (Å²) >= 11 is 5.72. The lowest BCUT2D eigenvalue weighted by atomic mass is 9.72. The highest BCUT2D eigenvalue weighted by Crippen LogP contribution is 2.35. The first-order valence-corrected chi connectivity index (χ1v) is 8.54. The van der Waals surface area contributed by atoms with Gasteiger partial charge >= 0.3 is 12.1 Å². The number of hydrogen-bond donors (Lipinski definition) is 0. The maximum absolute atomic E-state index is 12.4. The minimum atomic E-state index is -0.938. The monoisotopic (exact) mass is 379 g/mol. The molecule has 1 aromatic rings. The van der Waals surface area contributed by atoms with Crippen molar-refractivity contribution in [1.82, 2.24) is 5.12 Å². The molecule has 140 valence electrons. The van der Waals surface area contributed by atoms with Gasteiger partial charge in [0, 0.05) is 5.71 Å². The van der Waals surface area contributed by atoms with E-state index in [2.05, 4.69) is 10.2 Å².